The topological polar surface area (TPSA) is 38.3 Å². The Morgan fingerprint density at radius 1 is 1.44 bits per heavy atom. The molecule has 0 unspecified atom stereocenters. The lowest BCUT2D eigenvalue weighted by atomic mass is 9.92. The van der Waals surface area contributed by atoms with E-state index in [0.717, 1.165) is 0 Å². The monoisotopic (exact) mass is 234 g/mol. The number of nitrogens with one attached hydrogen (secondary N) is 1. The van der Waals surface area contributed by atoms with Crippen molar-refractivity contribution < 1.29 is 18.3 Å². The van der Waals surface area contributed by atoms with E-state index in [4.69, 9.17) is 4.74 Å². The van der Waals surface area contributed by atoms with Gasteiger partial charge in [-0.1, -0.05) is 0 Å². The van der Waals surface area contributed by atoms with Crippen LogP contribution in [0.4, 0.5) is 13.6 Å². The van der Waals surface area contributed by atoms with Crippen molar-refractivity contribution in [3.63, 3.8) is 0 Å². The van der Waals surface area contributed by atoms with Gasteiger partial charge in [0.2, 0.25) is 0 Å². The third-order valence-corrected chi connectivity index (χ3v) is 2.17. The van der Waals surface area contributed by atoms with Gasteiger partial charge in [-0.15, -0.1) is 0 Å². The maximum Gasteiger partial charge on any atom is 0.408 e. The van der Waals surface area contributed by atoms with E-state index in [1.165, 1.54) is 0 Å². The van der Waals surface area contributed by atoms with Crippen LogP contribution in [0.1, 0.15) is 46.5 Å². The minimum absolute atomic E-state index is 0.105. The average Bonchev–Trinajstić information content (AvgIpc) is 1.96. The van der Waals surface area contributed by atoms with Crippen LogP contribution in [-0.4, -0.2) is 17.6 Å². The van der Waals surface area contributed by atoms with Gasteiger partial charge in [-0.05, 0) is 33.6 Å². The fourth-order valence-electron chi connectivity index (χ4n) is 1.60. The van der Waals surface area contributed by atoms with E-state index in [0.29, 0.717) is 18.9 Å². The second-order valence-electron chi connectivity index (χ2n) is 5.12. The predicted molar refractivity (Wildman–Crippen MR) is 56.0 cm³/mol. The number of ether oxygens (including phenoxy) is 1. The summed E-state index contributed by atoms with van der Waals surface area (Å²) in [7, 11) is 0. The molecule has 1 N–H and O–H groups in total. The molecule has 1 saturated carbocycles. The van der Waals surface area contributed by atoms with Crippen LogP contribution in [0.3, 0.4) is 0 Å². The Morgan fingerprint density at radius 3 is 2.56 bits per heavy atom. The van der Waals surface area contributed by atoms with E-state index < -0.39 is 17.6 Å². The Labute approximate surface area is 94.5 Å². The van der Waals surface area contributed by atoms with Crippen molar-refractivity contribution in [2.24, 2.45) is 0 Å². The summed E-state index contributed by atoms with van der Waals surface area (Å²) in [6.45, 7) is 5.19. The molecule has 16 heavy (non-hydrogen) atoms. The first-order valence-electron chi connectivity index (χ1n) is 5.40. The molecule has 1 rings (SSSR count). The normalized spacial score (nSPS) is 21.6. The van der Waals surface area contributed by atoms with E-state index in [2.05, 4.69) is 5.32 Å². The molecule has 0 aromatic heterocycles. The summed E-state index contributed by atoms with van der Waals surface area (Å²) in [6, 6.07) is 0.366. The summed E-state index contributed by atoms with van der Waals surface area (Å²) in [4.78, 5) is 11.3. The molecule has 0 aromatic carbocycles. The Morgan fingerprint density at radius 2 is 2.06 bits per heavy atom. The van der Waals surface area contributed by atoms with Crippen molar-refractivity contribution in [2.75, 3.05) is 0 Å². The van der Waals surface area contributed by atoms with Gasteiger partial charge in [0.1, 0.15) is 5.60 Å². The average molecular weight is 234 g/mol. The molecule has 1 aliphatic carbocycles. The molecule has 93 valence electrons. The fourth-order valence-corrected chi connectivity index (χ4v) is 1.60. The van der Waals surface area contributed by atoms with E-state index in [1.54, 1.807) is 20.8 Å². The summed E-state index contributed by atoms with van der Waals surface area (Å²) in [6.07, 6.45) is -0.216. The van der Waals surface area contributed by atoms with Crippen LogP contribution in [0.5, 0.6) is 0 Å². The van der Waals surface area contributed by atoms with Crippen molar-refractivity contribution in [1.29, 1.82) is 0 Å². The summed E-state index contributed by atoms with van der Waals surface area (Å²) in [5.74, 6) is -2.69. The quantitative estimate of drug-likeness (QED) is 0.756. The van der Waals surface area contributed by atoms with Crippen molar-refractivity contribution in [3.8, 4) is 0 Å². The lowest BCUT2D eigenvalue weighted by Crippen LogP contribution is -2.39. The molecule has 0 atom stereocenters. The third-order valence-electron chi connectivity index (χ3n) is 2.17. The maximum absolute atomic E-state index is 13.0. The first-order chi connectivity index (χ1) is 7.18. The van der Waals surface area contributed by atoms with E-state index >= 15 is 0 Å². The van der Waals surface area contributed by atoms with Crippen molar-refractivity contribution in [3.05, 3.63) is 6.04 Å². The summed E-state index contributed by atoms with van der Waals surface area (Å²) < 4.78 is 31.1. The molecule has 1 fully saturated rings. The standard InChI is InChI=1S/C11H18F2NO2/c1-10(2,3)16-9(15)14-8-5-4-6-11(12,13)7-8/h4-7H2,1-3H3,(H,14,15). The molecule has 0 aliphatic heterocycles. The largest absolute Gasteiger partial charge is 0.444 e. The second kappa shape index (κ2) is 4.55. The SMILES string of the molecule is CC(C)(C)OC(=O)N[C]1CCCC(F)(F)C1. The summed E-state index contributed by atoms with van der Waals surface area (Å²) >= 11 is 0. The Bertz CT molecular complexity index is 261. The highest BCUT2D eigenvalue weighted by molar-refractivity contribution is 5.69. The maximum atomic E-state index is 13.0. The van der Waals surface area contributed by atoms with Gasteiger partial charge in [-0.2, -0.15) is 0 Å². The van der Waals surface area contributed by atoms with Gasteiger partial charge in [0.05, 0.1) is 6.04 Å². The number of rotatable bonds is 1. The van der Waals surface area contributed by atoms with E-state index in [-0.39, 0.29) is 12.8 Å². The zero-order valence-corrected chi connectivity index (χ0v) is 9.90. The van der Waals surface area contributed by atoms with Crippen molar-refractivity contribution in [2.45, 2.75) is 58.0 Å². The van der Waals surface area contributed by atoms with Crippen LogP contribution >= 0.6 is 0 Å². The first kappa shape index (κ1) is 13.2. The van der Waals surface area contributed by atoms with Crippen LogP contribution in [-0.2, 0) is 4.74 Å². The van der Waals surface area contributed by atoms with Gasteiger partial charge < -0.3 is 10.1 Å². The van der Waals surface area contributed by atoms with Crippen LogP contribution in [0.25, 0.3) is 0 Å². The minimum atomic E-state index is -2.69. The molecule has 0 saturated heterocycles. The smallest absolute Gasteiger partial charge is 0.408 e. The van der Waals surface area contributed by atoms with Crippen molar-refractivity contribution in [1.82, 2.24) is 5.32 Å². The number of alkyl carbamates (subject to hydrolysis) is 1. The number of carbonyl (C=O) groups excluding carboxylic acids is 1. The van der Waals surface area contributed by atoms with E-state index in [9.17, 15) is 13.6 Å². The lowest BCUT2D eigenvalue weighted by Gasteiger charge is -2.29. The molecular formula is C11H18F2NO2. The van der Waals surface area contributed by atoms with Gasteiger partial charge in [0, 0.05) is 12.8 Å². The first-order valence-corrected chi connectivity index (χ1v) is 5.40. The Hall–Kier alpha value is -0.870. The molecular weight excluding hydrogens is 216 g/mol. The van der Waals surface area contributed by atoms with Gasteiger partial charge in [-0.25, -0.2) is 13.6 Å². The molecule has 0 bridgehead atoms. The molecule has 0 heterocycles. The third kappa shape index (κ3) is 4.77. The van der Waals surface area contributed by atoms with Gasteiger partial charge >= 0.3 is 6.09 Å². The molecule has 1 radical (unpaired) electrons. The molecule has 1 amide bonds. The highest BCUT2D eigenvalue weighted by Gasteiger charge is 2.37. The number of carbonyl (C=O) groups is 1. The number of hydrogen-bond acceptors (Lipinski definition) is 2. The molecule has 0 aromatic rings. The molecule has 3 nitrogen and oxygen atoms in total. The highest BCUT2D eigenvalue weighted by atomic mass is 19.3. The minimum Gasteiger partial charge on any atom is -0.444 e. The Kier molecular flexibility index (Phi) is 3.76. The fraction of sp³-hybridized carbons (Fsp3) is 0.818. The predicted octanol–water partition coefficient (Wildman–Crippen LogP) is 3.25. The van der Waals surface area contributed by atoms with Crippen LogP contribution in [0, 0.1) is 6.04 Å². The van der Waals surface area contributed by atoms with Crippen molar-refractivity contribution >= 4 is 6.09 Å². The Balaban J connectivity index is 2.40. The van der Waals surface area contributed by atoms with Crippen LogP contribution < -0.4 is 5.32 Å². The van der Waals surface area contributed by atoms with E-state index in [1.807, 2.05) is 0 Å². The van der Waals surface area contributed by atoms with Gasteiger partial charge in [0.25, 0.3) is 5.92 Å². The lowest BCUT2D eigenvalue weighted by molar-refractivity contribution is -0.0301. The number of alkyl halides is 2. The van der Waals surface area contributed by atoms with Crippen LogP contribution in [0.2, 0.25) is 0 Å². The summed E-state index contributed by atoms with van der Waals surface area (Å²) in [5.41, 5.74) is -0.609. The molecule has 0 spiro atoms. The molecule has 1 aliphatic rings. The summed E-state index contributed by atoms with van der Waals surface area (Å²) in [5, 5.41) is 2.41. The zero-order valence-electron chi connectivity index (χ0n) is 9.90. The zero-order chi connectivity index (χ0) is 12.4. The van der Waals surface area contributed by atoms with Gasteiger partial charge in [-0.3, -0.25) is 0 Å². The molecule has 5 heteroatoms. The van der Waals surface area contributed by atoms with Gasteiger partial charge in [0.15, 0.2) is 0 Å². The number of hydrogen-bond donors (Lipinski definition) is 1. The van der Waals surface area contributed by atoms with Crippen LogP contribution in [0.15, 0.2) is 0 Å². The highest BCUT2D eigenvalue weighted by Crippen LogP contribution is 2.36. The second-order valence-corrected chi connectivity index (χ2v) is 5.12. The number of amides is 1. The number of halogens is 2.